The first-order valence-corrected chi connectivity index (χ1v) is 11.3. The van der Waals surface area contributed by atoms with Gasteiger partial charge in [0, 0.05) is 16.9 Å². The Kier molecular flexibility index (Phi) is 6.82. The van der Waals surface area contributed by atoms with E-state index in [0.717, 1.165) is 11.1 Å². The van der Waals surface area contributed by atoms with Gasteiger partial charge in [0.15, 0.2) is 6.10 Å². The first-order valence-electron chi connectivity index (χ1n) is 9.44. The highest BCUT2D eigenvalue weighted by molar-refractivity contribution is 7.92. The molecule has 162 valence electrons. The highest BCUT2D eigenvalue weighted by Crippen LogP contribution is 2.26. The van der Waals surface area contributed by atoms with E-state index in [1.807, 2.05) is 13.8 Å². The number of benzene rings is 2. The lowest BCUT2D eigenvalue weighted by Gasteiger charge is -2.16. The number of ether oxygens (including phenoxy) is 1. The summed E-state index contributed by atoms with van der Waals surface area (Å²) in [4.78, 5) is 16.5. The van der Waals surface area contributed by atoms with Gasteiger partial charge in [0.05, 0.1) is 4.90 Å². The molecule has 1 aromatic heterocycles. The number of carbonyl (C=O) groups is 1. The van der Waals surface area contributed by atoms with Gasteiger partial charge in [0.25, 0.3) is 15.9 Å². The average Bonchev–Trinajstić information content (AvgIpc) is 2.72. The predicted octanol–water partition coefficient (Wildman–Crippen LogP) is 4.56. The molecule has 7 nitrogen and oxygen atoms in total. The van der Waals surface area contributed by atoms with Crippen molar-refractivity contribution in [3.05, 3.63) is 76.9 Å². The van der Waals surface area contributed by atoms with Gasteiger partial charge in [-0.05, 0) is 80.4 Å². The first-order chi connectivity index (χ1) is 14.7. The van der Waals surface area contributed by atoms with Gasteiger partial charge in [0.2, 0.25) is 0 Å². The molecular weight excluding hydrogens is 438 g/mol. The molecule has 1 amide bonds. The summed E-state index contributed by atoms with van der Waals surface area (Å²) in [5.41, 5.74) is 2.17. The zero-order valence-corrected chi connectivity index (χ0v) is 18.8. The van der Waals surface area contributed by atoms with Crippen LogP contribution in [0.2, 0.25) is 5.02 Å². The van der Waals surface area contributed by atoms with Crippen LogP contribution in [0.3, 0.4) is 0 Å². The molecule has 0 bridgehead atoms. The van der Waals surface area contributed by atoms with E-state index in [0.29, 0.717) is 16.5 Å². The van der Waals surface area contributed by atoms with E-state index >= 15 is 0 Å². The van der Waals surface area contributed by atoms with Crippen molar-refractivity contribution in [2.75, 3.05) is 10.0 Å². The van der Waals surface area contributed by atoms with Gasteiger partial charge in [0.1, 0.15) is 11.6 Å². The number of rotatable bonds is 7. The molecule has 3 aromatic rings. The highest BCUT2D eigenvalue weighted by atomic mass is 35.5. The summed E-state index contributed by atoms with van der Waals surface area (Å²) >= 11 is 6.16. The summed E-state index contributed by atoms with van der Waals surface area (Å²) in [5.74, 6) is 0.398. The first kappa shape index (κ1) is 22.6. The molecule has 0 fully saturated rings. The molecule has 0 aliphatic heterocycles. The largest absolute Gasteiger partial charge is 0.481 e. The van der Waals surface area contributed by atoms with Crippen molar-refractivity contribution < 1.29 is 17.9 Å². The smallest absolute Gasteiger partial charge is 0.265 e. The van der Waals surface area contributed by atoms with Gasteiger partial charge in [-0.25, -0.2) is 13.4 Å². The number of nitrogens with one attached hydrogen (secondary N) is 2. The van der Waals surface area contributed by atoms with Crippen molar-refractivity contribution in [3.8, 4) is 5.75 Å². The molecule has 31 heavy (non-hydrogen) atoms. The number of carbonyl (C=O) groups excluding carboxylic acids is 1. The molecular formula is C22H22ClN3O4S. The maximum Gasteiger partial charge on any atom is 0.265 e. The lowest BCUT2D eigenvalue weighted by Crippen LogP contribution is -2.30. The number of amides is 1. The zero-order valence-electron chi connectivity index (χ0n) is 17.2. The lowest BCUT2D eigenvalue weighted by molar-refractivity contribution is -0.122. The Labute approximate surface area is 186 Å². The lowest BCUT2D eigenvalue weighted by atomic mass is 10.1. The minimum absolute atomic E-state index is 0.0487. The van der Waals surface area contributed by atoms with Gasteiger partial charge in [-0.3, -0.25) is 9.52 Å². The van der Waals surface area contributed by atoms with Crippen molar-refractivity contribution in [3.63, 3.8) is 0 Å². The van der Waals surface area contributed by atoms with E-state index < -0.39 is 16.1 Å². The quantitative estimate of drug-likeness (QED) is 0.539. The Morgan fingerprint density at radius 2 is 1.71 bits per heavy atom. The normalized spacial score (nSPS) is 12.1. The minimum Gasteiger partial charge on any atom is -0.481 e. The SMILES string of the molecule is Cc1cc(O[C@H](C)C(=O)Nc2ccc(S(=O)(=O)Nc3ccccn3)cc2)cc(C)c1Cl. The molecule has 3 rings (SSSR count). The van der Waals surface area contributed by atoms with Crippen LogP contribution in [-0.4, -0.2) is 25.4 Å². The second-order valence-electron chi connectivity index (χ2n) is 6.97. The zero-order chi connectivity index (χ0) is 22.6. The van der Waals surface area contributed by atoms with Gasteiger partial charge in [-0.15, -0.1) is 0 Å². The molecule has 0 radical (unpaired) electrons. The number of nitrogens with zero attached hydrogens (tertiary/aromatic N) is 1. The number of aryl methyl sites for hydroxylation is 2. The van der Waals surface area contributed by atoms with Gasteiger partial charge in [-0.1, -0.05) is 17.7 Å². The number of anilines is 2. The second kappa shape index (κ2) is 9.36. The topological polar surface area (TPSA) is 97.4 Å². The fourth-order valence-electron chi connectivity index (χ4n) is 2.81. The van der Waals surface area contributed by atoms with Crippen LogP contribution in [0.15, 0.2) is 65.7 Å². The molecule has 2 N–H and O–H groups in total. The van der Waals surface area contributed by atoms with E-state index in [9.17, 15) is 13.2 Å². The Hall–Kier alpha value is -3.10. The highest BCUT2D eigenvalue weighted by Gasteiger charge is 2.18. The molecule has 0 aliphatic carbocycles. The van der Waals surface area contributed by atoms with Crippen molar-refractivity contribution in [1.29, 1.82) is 0 Å². The fraction of sp³-hybridized carbons (Fsp3) is 0.182. The molecule has 0 saturated heterocycles. The van der Waals surface area contributed by atoms with Crippen LogP contribution < -0.4 is 14.8 Å². The molecule has 1 heterocycles. The van der Waals surface area contributed by atoms with Crippen molar-refractivity contribution in [2.45, 2.75) is 31.8 Å². The maximum atomic E-state index is 12.5. The standard InChI is InChI=1S/C22H22ClN3O4S/c1-14-12-18(13-15(2)21(14)23)30-16(3)22(27)25-17-7-9-19(10-8-17)31(28,29)26-20-6-4-5-11-24-20/h4-13,16H,1-3H3,(H,24,26)(H,25,27)/t16-/m1/s1. The van der Waals surface area contributed by atoms with Crippen LogP contribution >= 0.6 is 11.6 Å². The van der Waals surface area contributed by atoms with E-state index in [2.05, 4.69) is 15.0 Å². The van der Waals surface area contributed by atoms with Crippen molar-refractivity contribution in [1.82, 2.24) is 4.98 Å². The number of pyridine rings is 1. The number of aromatic nitrogens is 1. The summed E-state index contributed by atoms with van der Waals surface area (Å²) in [5, 5.41) is 3.38. The predicted molar refractivity (Wildman–Crippen MR) is 121 cm³/mol. The molecule has 0 aliphatic rings. The second-order valence-corrected chi connectivity index (χ2v) is 9.03. The van der Waals surface area contributed by atoms with Crippen LogP contribution in [0.4, 0.5) is 11.5 Å². The van der Waals surface area contributed by atoms with Gasteiger partial charge >= 0.3 is 0 Å². The monoisotopic (exact) mass is 459 g/mol. The van der Waals surface area contributed by atoms with Gasteiger partial charge in [-0.2, -0.15) is 0 Å². The Balaban J connectivity index is 1.64. The third-order valence-electron chi connectivity index (χ3n) is 4.43. The summed E-state index contributed by atoms with van der Waals surface area (Å²) in [7, 11) is -3.79. The average molecular weight is 460 g/mol. The number of hydrogen-bond acceptors (Lipinski definition) is 5. The van der Waals surface area contributed by atoms with Crippen LogP contribution in [-0.2, 0) is 14.8 Å². The summed E-state index contributed by atoms with van der Waals surface area (Å²) in [6.45, 7) is 5.36. The number of hydrogen-bond donors (Lipinski definition) is 2. The molecule has 9 heteroatoms. The minimum atomic E-state index is -3.79. The third kappa shape index (κ3) is 5.74. The van der Waals surface area contributed by atoms with Crippen LogP contribution in [0, 0.1) is 13.8 Å². The molecule has 0 unspecified atom stereocenters. The summed E-state index contributed by atoms with van der Waals surface area (Å²) < 4.78 is 33.0. The van der Waals surface area contributed by atoms with Crippen LogP contribution in [0.5, 0.6) is 5.75 Å². The maximum absolute atomic E-state index is 12.5. The van der Waals surface area contributed by atoms with Gasteiger partial charge < -0.3 is 10.1 Å². The number of sulfonamides is 1. The van der Waals surface area contributed by atoms with E-state index in [-0.39, 0.29) is 16.6 Å². The van der Waals surface area contributed by atoms with E-state index in [1.54, 1.807) is 37.3 Å². The molecule has 2 aromatic carbocycles. The third-order valence-corrected chi connectivity index (χ3v) is 6.39. The van der Waals surface area contributed by atoms with Crippen LogP contribution in [0.1, 0.15) is 18.1 Å². The fourth-order valence-corrected chi connectivity index (χ4v) is 3.93. The molecule has 0 spiro atoms. The van der Waals surface area contributed by atoms with Crippen molar-refractivity contribution in [2.24, 2.45) is 0 Å². The number of halogens is 1. The summed E-state index contributed by atoms with van der Waals surface area (Å²) in [6, 6.07) is 14.3. The van der Waals surface area contributed by atoms with E-state index in [4.69, 9.17) is 16.3 Å². The molecule has 0 saturated carbocycles. The van der Waals surface area contributed by atoms with Crippen LogP contribution in [0.25, 0.3) is 0 Å². The van der Waals surface area contributed by atoms with Crippen molar-refractivity contribution >= 4 is 39.0 Å². The Morgan fingerprint density at radius 3 is 2.29 bits per heavy atom. The summed E-state index contributed by atoms with van der Waals surface area (Å²) in [6.07, 6.45) is 0.723. The Bertz CT molecular complexity index is 1160. The Morgan fingerprint density at radius 1 is 1.06 bits per heavy atom. The molecule has 1 atom stereocenters. The van der Waals surface area contributed by atoms with E-state index in [1.165, 1.54) is 30.5 Å².